The third kappa shape index (κ3) is 3.30. The second kappa shape index (κ2) is 6.18. The zero-order valence-electron chi connectivity index (χ0n) is 10.9. The average Bonchev–Trinajstić information content (AvgIpc) is 2.40. The molecular weight excluding hydrogens is 210 g/mol. The van der Waals surface area contributed by atoms with Gasteiger partial charge in [0.1, 0.15) is 0 Å². The van der Waals surface area contributed by atoms with Crippen LogP contribution < -0.4 is 5.32 Å². The molecule has 2 nitrogen and oxygen atoms in total. The van der Waals surface area contributed by atoms with Crippen LogP contribution in [0.25, 0.3) is 0 Å². The molecule has 0 aliphatic carbocycles. The summed E-state index contributed by atoms with van der Waals surface area (Å²) in [5.41, 5.74) is 2.84. The van der Waals surface area contributed by atoms with Crippen molar-refractivity contribution in [1.29, 1.82) is 0 Å². The van der Waals surface area contributed by atoms with Gasteiger partial charge in [0.2, 0.25) is 0 Å². The minimum absolute atomic E-state index is 0.606. The number of nitrogens with one attached hydrogen (secondary N) is 1. The van der Waals surface area contributed by atoms with Crippen LogP contribution in [0.4, 0.5) is 0 Å². The van der Waals surface area contributed by atoms with Gasteiger partial charge in [-0.15, -0.1) is 0 Å². The lowest BCUT2D eigenvalue weighted by Gasteiger charge is -2.31. The van der Waals surface area contributed by atoms with Crippen molar-refractivity contribution in [3.63, 3.8) is 0 Å². The van der Waals surface area contributed by atoms with E-state index in [0.29, 0.717) is 12.0 Å². The first kappa shape index (κ1) is 12.6. The molecule has 0 radical (unpaired) electrons. The molecule has 1 heterocycles. The molecule has 1 aromatic carbocycles. The number of benzene rings is 1. The van der Waals surface area contributed by atoms with E-state index in [4.69, 9.17) is 4.74 Å². The molecule has 2 unspecified atom stereocenters. The van der Waals surface area contributed by atoms with Gasteiger partial charge in [0, 0.05) is 18.6 Å². The Labute approximate surface area is 104 Å². The molecule has 1 aromatic rings. The van der Waals surface area contributed by atoms with Crippen LogP contribution in [-0.4, -0.2) is 26.3 Å². The zero-order chi connectivity index (χ0) is 12.1. The maximum Gasteiger partial charge on any atom is 0.0512 e. The Morgan fingerprint density at radius 2 is 1.94 bits per heavy atom. The highest BCUT2D eigenvalue weighted by Crippen LogP contribution is 2.20. The fraction of sp³-hybridized carbons (Fsp3) is 0.600. The summed E-state index contributed by atoms with van der Waals surface area (Å²) in [6, 6.07) is 9.62. The van der Waals surface area contributed by atoms with Crippen LogP contribution in [0.5, 0.6) is 0 Å². The molecule has 0 aromatic heterocycles. The maximum atomic E-state index is 5.59. The van der Waals surface area contributed by atoms with Gasteiger partial charge in [0.05, 0.1) is 6.61 Å². The van der Waals surface area contributed by atoms with E-state index in [2.05, 4.69) is 43.6 Å². The van der Waals surface area contributed by atoms with Gasteiger partial charge in [-0.05, 0) is 37.4 Å². The van der Waals surface area contributed by atoms with E-state index in [1.54, 1.807) is 0 Å². The van der Waals surface area contributed by atoms with Crippen molar-refractivity contribution in [2.75, 3.05) is 20.3 Å². The fourth-order valence-corrected chi connectivity index (χ4v) is 2.59. The van der Waals surface area contributed by atoms with E-state index in [0.717, 1.165) is 32.5 Å². The van der Waals surface area contributed by atoms with Gasteiger partial charge in [0.25, 0.3) is 0 Å². The normalized spacial score (nSPS) is 24.8. The first-order valence-electron chi connectivity index (χ1n) is 6.66. The first-order chi connectivity index (χ1) is 8.33. The molecule has 1 saturated heterocycles. The number of ether oxygens (including phenoxy) is 1. The number of rotatable bonds is 4. The molecule has 2 rings (SSSR count). The van der Waals surface area contributed by atoms with Crippen molar-refractivity contribution in [3.8, 4) is 0 Å². The van der Waals surface area contributed by atoms with E-state index >= 15 is 0 Å². The van der Waals surface area contributed by atoms with Gasteiger partial charge < -0.3 is 10.1 Å². The molecule has 0 amide bonds. The second-order valence-corrected chi connectivity index (χ2v) is 4.89. The molecule has 0 saturated carbocycles. The molecule has 17 heavy (non-hydrogen) atoms. The Balaban J connectivity index is 1.98. The zero-order valence-corrected chi connectivity index (χ0v) is 10.9. The summed E-state index contributed by atoms with van der Waals surface area (Å²) in [5, 5.41) is 3.42. The smallest absolute Gasteiger partial charge is 0.0512 e. The second-order valence-electron chi connectivity index (χ2n) is 4.89. The minimum Gasteiger partial charge on any atom is -0.381 e. The largest absolute Gasteiger partial charge is 0.381 e. The van der Waals surface area contributed by atoms with Crippen molar-refractivity contribution in [3.05, 3.63) is 35.4 Å². The quantitative estimate of drug-likeness (QED) is 0.862. The van der Waals surface area contributed by atoms with Gasteiger partial charge in [0.15, 0.2) is 0 Å². The van der Waals surface area contributed by atoms with Crippen LogP contribution >= 0.6 is 0 Å². The molecular formula is C15H23NO. The Morgan fingerprint density at radius 3 is 2.59 bits per heavy atom. The highest BCUT2D eigenvalue weighted by molar-refractivity contribution is 5.23. The van der Waals surface area contributed by atoms with Crippen LogP contribution in [0.15, 0.2) is 24.3 Å². The Hall–Kier alpha value is -0.860. The topological polar surface area (TPSA) is 21.3 Å². The van der Waals surface area contributed by atoms with E-state index in [1.165, 1.54) is 11.1 Å². The molecule has 1 aliphatic heterocycles. The van der Waals surface area contributed by atoms with Gasteiger partial charge >= 0.3 is 0 Å². The summed E-state index contributed by atoms with van der Waals surface area (Å²) < 4.78 is 5.59. The summed E-state index contributed by atoms with van der Waals surface area (Å²) >= 11 is 0. The minimum atomic E-state index is 0.606. The predicted octanol–water partition coefficient (Wildman–Crippen LogP) is 2.42. The lowest BCUT2D eigenvalue weighted by molar-refractivity contribution is 0.0342. The summed E-state index contributed by atoms with van der Waals surface area (Å²) in [5.74, 6) is 0.612. The Morgan fingerprint density at radius 1 is 1.24 bits per heavy atom. The molecule has 94 valence electrons. The highest BCUT2D eigenvalue weighted by atomic mass is 16.5. The highest BCUT2D eigenvalue weighted by Gasteiger charge is 2.24. The average molecular weight is 233 g/mol. The van der Waals surface area contributed by atoms with Crippen LogP contribution in [0, 0.1) is 5.92 Å². The van der Waals surface area contributed by atoms with E-state index < -0.39 is 0 Å². The molecule has 1 aliphatic rings. The maximum absolute atomic E-state index is 5.59. The summed E-state index contributed by atoms with van der Waals surface area (Å²) in [6.45, 7) is 3.98. The van der Waals surface area contributed by atoms with Crippen LogP contribution in [-0.2, 0) is 17.6 Å². The summed E-state index contributed by atoms with van der Waals surface area (Å²) in [4.78, 5) is 0. The van der Waals surface area contributed by atoms with Gasteiger partial charge in [-0.2, -0.15) is 0 Å². The van der Waals surface area contributed by atoms with Crippen molar-refractivity contribution < 1.29 is 4.74 Å². The van der Waals surface area contributed by atoms with E-state index in [1.807, 2.05) is 0 Å². The van der Waals surface area contributed by atoms with Crippen molar-refractivity contribution in [2.45, 2.75) is 32.2 Å². The van der Waals surface area contributed by atoms with E-state index in [-0.39, 0.29) is 0 Å². The Kier molecular flexibility index (Phi) is 4.57. The van der Waals surface area contributed by atoms with Crippen LogP contribution in [0.1, 0.15) is 24.5 Å². The fourth-order valence-electron chi connectivity index (χ4n) is 2.59. The van der Waals surface area contributed by atoms with Crippen LogP contribution in [0.2, 0.25) is 0 Å². The summed E-state index contributed by atoms with van der Waals surface area (Å²) in [7, 11) is 2.06. The molecule has 1 N–H and O–H groups in total. The number of hydrogen-bond donors (Lipinski definition) is 1. The third-order valence-corrected chi connectivity index (χ3v) is 3.77. The molecule has 2 atom stereocenters. The van der Waals surface area contributed by atoms with Crippen molar-refractivity contribution >= 4 is 0 Å². The third-order valence-electron chi connectivity index (χ3n) is 3.77. The predicted molar refractivity (Wildman–Crippen MR) is 71.3 cm³/mol. The molecule has 0 bridgehead atoms. The lowest BCUT2D eigenvalue weighted by atomic mass is 9.89. The number of hydrogen-bond acceptors (Lipinski definition) is 2. The van der Waals surface area contributed by atoms with Crippen molar-refractivity contribution in [2.24, 2.45) is 5.92 Å². The molecule has 2 heteroatoms. The Bertz CT molecular complexity index is 333. The number of aryl methyl sites for hydroxylation is 1. The van der Waals surface area contributed by atoms with Crippen molar-refractivity contribution in [1.82, 2.24) is 5.32 Å². The van der Waals surface area contributed by atoms with Gasteiger partial charge in [-0.3, -0.25) is 0 Å². The SMILES string of the molecule is CCc1ccc(CC2COCCC2NC)cc1. The van der Waals surface area contributed by atoms with E-state index in [9.17, 15) is 0 Å². The molecule has 0 spiro atoms. The van der Waals surface area contributed by atoms with Crippen LogP contribution in [0.3, 0.4) is 0 Å². The summed E-state index contributed by atoms with van der Waals surface area (Å²) in [6.07, 6.45) is 3.37. The lowest BCUT2D eigenvalue weighted by Crippen LogP contribution is -2.41. The monoisotopic (exact) mass is 233 g/mol. The molecule has 1 fully saturated rings. The standard InChI is InChI=1S/C15H23NO/c1-3-12-4-6-13(7-5-12)10-14-11-17-9-8-15(14)16-2/h4-7,14-16H,3,8-11H2,1-2H3. The van der Waals surface area contributed by atoms with Gasteiger partial charge in [-0.25, -0.2) is 0 Å². The first-order valence-corrected chi connectivity index (χ1v) is 6.66. The van der Waals surface area contributed by atoms with Gasteiger partial charge in [-0.1, -0.05) is 31.2 Å².